The molecule has 0 aromatic heterocycles. The molecule has 0 radical (unpaired) electrons. The summed E-state index contributed by atoms with van der Waals surface area (Å²) in [6.07, 6.45) is 89.4. The summed E-state index contributed by atoms with van der Waals surface area (Å²) >= 11 is 0. The molecule has 0 rings (SSSR count). The second kappa shape index (κ2) is 69.9. The summed E-state index contributed by atoms with van der Waals surface area (Å²) in [5.41, 5.74) is 0. The van der Waals surface area contributed by atoms with Crippen LogP contribution in [0.3, 0.4) is 0 Å². The highest BCUT2D eigenvalue weighted by Crippen LogP contribution is 2.19. The number of esters is 2. The molecule has 0 amide bonds. The second-order valence-corrected chi connectivity index (χ2v) is 26.9. The molecule has 9 nitrogen and oxygen atoms in total. The van der Waals surface area contributed by atoms with E-state index in [1.807, 2.05) is 21.1 Å². The molecular weight excluding hydrogens is 1090 g/mol. The van der Waals surface area contributed by atoms with Crippen LogP contribution in [0.2, 0.25) is 0 Å². The van der Waals surface area contributed by atoms with Gasteiger partial charge in [-0.3, -0.25) is 9.59 Å². The highest BCUT2D eigenvalue weighted by atomic mass is 16.7. The molecule has 0 spiro atoms. The van der Waals surface area contributed by atoms with Crippen LogP contribution >= 0.6 is 0 Å². The van der Waals surface area contributed by atoms with Gasteiger partial charge in [0.05, 0.1) is 34.4 Å². The molecule has 0 fully saturated rings. The monoisotopic (exact) mass is 1240 g/mol. The van der Waals surface area contributed by atoms with Gasteiger partial charge in [-0.1, -0.05) is 357 Å². The average Bonchev–Trinajstić information content (AvgIpc) is 3.55. The summed E-state index contributed by atoms with van der Waals surface area (Å²) in [5.74, 6) is -1.97. The Morgan fingerprint density at radius 2 is 0.648 bits per heavy atom. The van der Waals surface area contributed by atoms with E-state index in [2.05, 4.69) is 74.6 Å². The Hall–Kier alpha value is -3.01. The van der Waals surface area contributed by atoms with E-state index in [4.69, 9.17) is 18.9 Å². The fraction of sp³-hybridized carbons (Fsp3) is 0.835. The van der Waals surface area contributed by atoms with E-state index in [0.717, 1.165) is 70.6 Å². The van der Waals surface area contributed by atoms with Crippen molar-refractivity contribution in [2.45, 2.75) is 379 Å². The molecule has 0 aliphatic heterocycles. The molecule has 0 heterocycles. The van der Waals surface area contributed by atoms with Crippen molar-refractivity contribution in [2.24, 2.45) is 0 Å². The summed E-state index contributed by atoms with van der Waals surface area (Å²) < 4.78 is 23.0. The van der Waals surface area contributed by atoms with Gasteiger partial charge in [0.25, 0.3) is 6.29 Å². The van der Waals surface area contributed by atoms with Crippen LogP contribution < -0.4 is 0 Å². The largest absolute Gasteiger partial charge is 0.477 e. The third-order valence-corrected chi connectivity index (χ3v) is 17.0. The molecule has 0 aromatic carbocycles. The lowest BCUT2D eigenvalue weighted by molar-refractivity contribution is -0.870. The number of aliphatic carboxylic acids is 1. The number of nitrogens with zero attached hydrogens (tertiary/aromatic N) is 1. The zero-order valence-corrected chi connectivity index (χ0v) is 58.9. The van der Waals surface area contributed by atoms with Gasteiger partial charge in [-0.15, -0.1) is 0 Å². The van der Waals surface area contributed by atoms with E-state index < -0.39 is 18.4 Å². The van der Waals surface area contributed by atoms with Crippen LogP contribution in [0.1, 0.15) is 367 Å². The van der Waals surface area contributed by atoms with Crippen LogP contribution in [0.5, 0.6) is 0 Å². The number of carbonyl (C=O) groups is 3. The number of rotatable bonds is 71. The number of carbonyl (C=O) groups excluding carboxylic acids is 2. The zero-order valence-electron chi connectivity index (χ0n) is 58.9. The molecule has 0 aromatic rings. The van der Waals surface area contributed by atoms with Crippen molar-refractivity contribution in [2.75, 3.05) is 47.5 Å². The fourth-order valence-corrected chi connectivity index (χ4v) is 11.3. The first-order valence-electron chi connectivity index (χ1n) is 38.0. The van der Waals surface area contributed by atoms with Crippen molar-refractivity contribution in [1.82, 2.24) is 0 Å². The first-order valence-corrected chi connectivity index (χ1v) is 38.0. The van der Waals surface area contributed by atoms with Crippen molar-refractivity contribution >= 4 is 17.9 Å². The molecule has 0 saturated heterocycles. The van der Waals surface area contributed by atoms with Gasteiger partial charge < -0.3 is 28.5 Å². The predicted molar refractivity (Wildman–Crippen MR) is 378 cm³/mol. The molecule has 2 atom stereocenters. The van der Waals surface area contributed by atoms with Crippen LogP contribution in [-0.2, 0) is 33.3 Å². The minimum atomic E-state index is -1.51. The molecule has 0 aliphatic rings. The lowest BCUT2D eigenvalue weighted by Gasteiger charge is -2.25. The van der Waals surface area contributed by atoms with E-state index >= 15 is 0 Å². The van der Waals surface area contributed by atoms with Crippen LogP contribution in [0.15, 0.2) is 60.8 Å². The minimum Gasteiger partial charge on any atom is -0.477 e. The molecular formula is C79H146NO8+. The topological polar surface area (TPSA) is 108 Å². The third-order valence-electron chi connectivity index (χ3n) is 17.0. The van der Waals surface area contributed by atoms with Gasteiger partial charge in [-0.2, -0.15) is 0 Å². The van der Waals surface area contributed by atoms with Crippen molar-refractivity contribution in [3.8, 4) is 0 Å². The molecule has 9 heteroatoms. The van der Waals surface area contributed by atoms with E-state index in [1.165, 1.54) is 270 Å². The van der Waals surface area contributed by atoms with Gasteiger partial charge in [0.1, 0.15) is 13.2 Å². The number of carboxylic acid groups (broad SMARTS) is 1. The summed E-state index contributed by atoms with van der Waals surface area (Å²) in [4.78, 5) is 37.7. The lowest BCUT2D eigenvalue weighted by atomic mass is 10.0. The molecule has 514 valence electrons. The lowest BCUT2D eigenvalue weighted by Crippen LogP contribution is -2.40. The summed E-state index contributed by atoms with van der Waals surface area (Å²) in [7, 11) is 5.99. The maximum atomic E-state index is 13.0. The van der Waals surface area contributed by atoms with E-state index in [9.17, 15) is 19.5 Å². The Morgan fingerprint density at radius 3 is 0.966 bits per heavy atom. The Morgan fingerprint density at radius 1 is 0.352 bits per heavy atom. The second-order valence-electron chi connectivity index (χ2n) is 26.9. The minimum absolute atomic E-state index is 0.175. The smallest absolute Gasteiger partial charge is 0.361 e. The van der Waals surface area contributed by atoms with Crippen LogP contribution in [0.25, 0.3) is 0 Å². The van der Waals surface area contributed by atoms with Crippen molar-refractivity contribution in [3.63, 3.8) is 0 Å². The van der Waals surface area contributed by atoms with E-state index in [0.29, 0.717) is 17.4 Å². The fourth-order valence-electron chi connectivity index (χ4n) is 11.3. The summed E-state index contributed by atoms with van der Waals surface area (Å²) in [6.45, 7) is 4.83. The van der Waals surface area contributed by atoms with Crippen molar-refractivity contribution in [3.05, 3.63) is 60.8 Å². The first-order chi connectivity index (χ1) is 43.1. The Labute approximate surface area is 545 Å². The molecule has 0 aliphatic carbocycles. The van der Waals surface area contributed by atoms with Gasteiger partial charge in [-0.05, 0) is 57.8 Å². The van der Waals surface area contributed by atoms with Gasteiger partial charge in [0.15, 0.2) is 6.10 Å². The number of likely N-dealkylation sites (N-methyl/N-ethyl adjacent to an activating group) is 1. The predicted octanol–water partition coefficient (Wildman–Crippen LogP) is 23.9. The molecule has 2 unspecified atom stereocenters. The number of unbranched alkanes of at least 4 members (excludes halogenated alkanes) is 46. The number of hydrogen-bond acceptors (Lipinski definition) is 7. The zero-order chi connectivity index (χ0) is 64.0. The SMILES string of the molecule is CC/C=C\C/C=C\C/C=C\C/C=C\C/C=C\CCCCCCCCCCCCCCCCCCCCCCCCCCCC(=O)OC(COC(=O)CCCCCCCCCCCCCCCCCCCCCCCC)COC(OCC[N+](C)(C)C)C(=O)O. The number of quaternary nitrogens is 1. The van der Waals surface area contributed by atoms with Gasteiger partial charge in [0.2, 0.25) is 0 Å². The number of carboxylic acids is 1. The number of ether oxygens (including phenoxy) is 4. The normalized spacial score (nSPS) is 13.0. The number of hydrogen-bond donors (Lipinski definition) is 1. The van der Waals surface area contributed by atoms with Crippen molar-refractivity contribution < 1.29 is 42.9 Å². The van der Waals surface area contributed by atoms with Gasteiger partial charge in [0, 0.05) is 12.8 Å². The maximum Gasteiger partial charge on any atom is 0.361 e. The maximum absolute atomic E-state index is 13.0. The molecule has 0 saturated carbocycles. The summed E-state index contributed by atoms with van der Waals surface area (Å²) in [6, 6.07) is 0. The highest BCUT2D eigenvalue weighted by molar-refractivity contribution is 5.71. The summed E-state index contributed by atoms with van der Waals surface area (Å²) in [5, 5.41) is 9.75. The van der Waals surface area contributed by atoms with Crippen LogP contribution in [0.4, 0.5) is 0 Å². The van der Waals surface area contributed by atoms with Gasteiger partial charge in [-0.25, -0.2) is 4.79 Å². The third kappa shape index (κ3) is 70.4. The van der Waals surface area contributed by atoms with Gasteiger partial charge >= 0.3 is 17.9 Å². The van der Waals surface area contributed by atoms with E-state index in [1.54, 1.807) is 0 Å². The standard InChI is InChI=1S/C79H145NO8/c1-6-8-10-12-14-16-18-20-22-24-26-28-30-31-32-33-34-35-36-37-38-39-40-41-42-43-44-45-46-47-48-50-52-54-56-58-60-62-64-66-68-70-77(82)88-75(74-87-79(78(83)84)85-72-71-80(3,4)5)73-86-76(81)69-67-65-63-61-59-57-55-53-51-49-29-27-25-23-21-19-17-15-13-11-9-7-2/h8,10,14,16,20,22,26,28,31-32,75,79H,6-7,9,11-13,15,17-19,21,23-25,27,29-30,33-74H2,1-5H3/p+1/b10-8-,16-14-,22-20-,28-26-,32-31-. The Kier molecular flexibility index (Phi) is 67.5. The molecule has 88 heavy (non-hydrogen) atoms. The van der Waals surface area contributed by atoms with Crippen LogP contribution in [0, 0.1) is 0 Å². The van der Waals surface area contributed by atoms with Crippen LogP contribution in [-0.4, -0.2) is 87.4 Å². The Bertz CT molecular complexity index is 1630. The van der Waals surface area contributed by atoms with Crippen molar-refractivity contribution in [1.29, 1.82) is 0 Å². The van der Waals surface area contributed by atoms with E-state index in [-0.39, 0.29) is 38.2 Å². The Balaban J connectivity index is 3.95. The number of allylic oxidation sites excluding steroid dienone is 10. The first kappa shape index (κ1) is 85.0. The quantitative estimate of drug-likeness (QED) is 0.0211. The molecule has 0 bridgehead atoms. The highest BCUT2D eigenvalue weighted by Gasteiger charge is 2.25. The molecule has 1 N–H and O–H groups in total. The average molecular weight is 1240 g/mol.